The summed E-state index contributed by atoms with van der Waals surface area (Å²) in [4.78, 5) is 7.83. The highest BCUT2D eigenvalue weighted by Crippen LogP contribution is 2.48. The monoisotopic (exact) mass is 563 g/mol. The molecule has 1 aromatic carbocycles. The first-order chi connectivity index (χ1) is 18.3. The van der Waals surface area contributed by atoms with Gasteiger partial charge in [0.15, 0.2) is 5.79 Å². The van der Waals surface area contributed by atoms with Crippen LogP contribution in [-0.4, -0.2) is 76.8 Å². The van der Waals surface area contributed by atoms with E-state index >= 15 is 0 Å². The van der Waals surface area contributed by atoms with Crippen molar-refractivity contribution in [3.05, 3.63) is 17.7 Å². The van der Waals surface area contributed by atoms with Gasteiger partial charge in [0.2, 0.25) is 0 Å². The van der Waals surface area contributed by atoms with E-state index in [0.29, 0.717) is 11.3 Å². The van der Waals surface area contributed by atoms with Crippen LogP contribution in [0.3, 0.4) is 0 Å². The van der Waals surface area contributed by atoms with Crippen molar-refractivity contribution in [3.63, 3.8) is 0 Å². The van der Waals surface area contributed by atoms with E-state index in [0.717, 1.165) is 77.0 Å². The molecule has 0 atom stereocenters. The molecule has 1 spiro atoms. The summed E-state index contributed by atoms with van der Waals surface area (Å²) in [5.41, 5.74) is 4.65. The second-order valence-electron chi connectivity index (χ2n) is 13.3. The SMILES string of the molecule is CCCCN1CCN(c2cc(OC)c(N3CCC4(CC3)OCCO4)cc2C2CCC(C(C)(C)C)CC2)CC1.Cl. The van der Waals surface area contributed by atoms with E-state index in [-0.39, 0.29) is 18.2 Å². The Morgan fingerprint density at radius 1 is 0.872 bits per heavy atom. The molecule has 222 valence electrons. The van der Waals surface area contributed by atoms with Gasteiger partial charge in [0.25, 0.3) is 0 Å². The maximum atomic E-state index is 6.08. The highest BCUT2D eigenvalue weighted by molar-refractivity contribution is 5.85. The Bertz CT molecular complexity index is 904. The molecule has 1 aliphatic carbocycles. The van der Waals surface area contributed by atoms with Gasteiger partial charge in [-0.05, 0) is 67.5 Å². The van der Waals surface area contributed by atoms with Gasteiger partial charge in [-0.3, -0.25) is 4.90 Å². The maximum absolute atomic E-state index is 6.08. The van der Waals surface area contributed by atoms with E-state index in [9.17, 15) is 0 Å². The number of hydrogen-bond donors (Lipinski definition) is 0. The highest BCUT2D eigenvalue weighted by Gasteiger charge is 2.41. The fourth-order valence-corrected chi connectivity index (χ4v) is 7.32. The van der Waals surface area contributed by atoms with Crippen molar-refractivity contribution < 1.29 is 14.2 Å². The van der Waals surface area contributed by atoms with Crippen molar-refractivity contribution in [1.29, 1.82) is 0 Å². The molecule has 3 saturated heterocycles. The summed E-state index contributed by atoms with van der Waals surface area (Å²) < 4.78 is 18.1. The molecule has 0 aromatic heterocycles. The quantitative estimate of drug-likeness (QED) is 0.367. The van der Waals surface area contributed by atoms with Crippen molar-refractivity contribution in [2.75, 3.05) is 75.9 Å². The van der Waals surface area contributed by atoms with Crippen LogP contribution in [0.4, 0.5) is 11.4 Å². The minimum Gasteiger partial charge on any atom is -0.495 e. The lowest BCUT2D eigenvalue weighted by molar-refractivity contribution is -0.169. The number of methoxy groups -OCH3 is 1. The number of hydrogen-bond acceptors (Lipinski definition) is 6. The lowest BCUT2D eigenvalue weighted by Gasteiger charge is -2.42. The molecule has 0 bridgehead atoms. The van der Waals surface area contributed by atoms with E-state index in [1.54, 1.807) is 5.56 Å². The third-order valence-corrected chi connectivity index (χ3v) is 9.94. The number of piperazine rings is 1. The zero-order chi connectivity index (χ0) is 26.8. The predicted octanol–water partition coefficient (Wildman–Crippen LogP) is 6.70. The number of halogens is 1. The molecular formula is C32H54ClN3O3. The molecule has 0 unspecified atom stereocenters. The average Bonchev–Trinajstić information content (AvgIpc) is 3.39. The van der Waals surface area contributed by atoms with E-state index in [4.69, 9.17) is 14.2 Å². The summed E-state index contributed by atoms with van der Waals surface area (Å²) in [5, 5.41) is 0. The van der Waals surface area contributed by atoms with Gasteiger partial charge in [-0.1, -0.05) is 34.1 Å². The van der Waals surface area contributed by atoms with Crippen LogP contribution in [-0.2, 0) is 9.47 Å². The number of piperidine rings is 1. The molecule has 1 aromatic rings. The van der Waals surface area contributed by atoms with Crippen molar-refractivity contribution in [1.82, 2.24) is 4.90 Å². The van der Waals surface area contributed by atoms with Gasteiger partial charge in [-0.15, -0.1) is 12.4 Å². The van der Waals surface area contributed by atoms with Crippen molar-refractivity contribution in [2.24, 2.45) is 11.3 Å². The molecule has 7 heteroatoms. The molecule has 0 radical (unpaired) electrons. The van der Waals surface area contributed by atoms with Gasteiger partial charge in [0.05, 0.1) is 26.0 Å². The molecule has 0 N–H and O–H groups in total. The Hall–Kier alpha value is -1.21. The van der Waals surface area contributed by atoms with Gasteiger partial charge in [0, 0.05) is 63.9 Å². The number of ether oxygens (including phenoxy) is 3. The number of nitrogens with zero attached hydrogens (tertiary/aromatic N) is 3. The molecular weight excluding hydrogens is 510 g/mol. The van der Waals surface area contributed by atoms with E-state index < -0.39 is 0 Å². The van der Waals surface area contributed by atoms with Gasteiger partial charge in [-0.25, -0.2) is 0 Å². The fraction of sp³-hybridized carbons (Fsp3) is 0.812. The summed E-state index contributed by atoms with van der Waals surface area (Å²) in [6.07, 6.45) is 9.67. The van der Waals surface area contributed by atoms with Crippen molar-refractivity contribution in [2.45, 2.75) is 90.8 Å². The van der Waals surface area contributed by atoms with Crippen molar-refractivity contribution in [3.8, 4) is 5.75 Å². The number of anilines is 2. The topological polar surface area (TPSA) is 37.4 Å². The zero-order valence-electron chi connectivity index (χ0n) is 25.3. The molecule has 1 saturated carbocycles. The molecule has 4 aliphatic rings. The Morgan fingerprint density at radius 3 is 2.05 bits per heavy atom. The van der Waals surface area contributed by atoms with Gasteiger partial charge in [-0.2, -0.15) is 0 Å². The van der Waals surface area contributed by atoms with Crippen LogP contribution in [0, 0.1) is 11.3 Å². The Labute approximate surface area is 244 Å². The van der Waals surface area contributed by atoms with E-state index in [2.05, 4.69) is 54.5 Å². The summed E-state index contributed by atoms with van der Waals surface area (Å²) in [6.45, 7) is 18.7. The van der Waals surface area contributed by atoms with Crippen LogP contribution < -0.4 is 14.5 Å². The van der Waals surface area contributed by atoms with Crippen molar-refractivity contribution >= 4 is 23.8 Å². The minimum absolute atomic E-state index is 0. The standard InChI is InChI=1S/C32H53N3O3.ClH/c1-6-7-14-33-17-19-35(20-18-33)28-24-30(36-5)29(34-15-12-32(13-16-34)37-21-22-38-32)23-27(28)25-8-10-26(11-9-25)31(2,3)4;/h23-26H,6-22H2,1-5H3;1H. The molecule has 3 aliphatic heterocycles. The third kappa shape index (κ3) is 6.99. The van der Waals surface area contributed by atoms with Crippen LogP contribution >= 0.6 is 12.4 Å². The van der Waals surface area contributed by atoms with Crippen LogP contribution in [0.1, 0.15) is 90.5 Å². The second kappa shape index (κ2) is 13.2. The molecule has 5 rings (SSSR count). The Balaban J connectivity index is 0.00000353. The van der Waals surface area contributed by atoms with Crippen LogP contribution in [0.25, 0.3) is 0 Å². The van der Waals surface area contributed by atoms with Crippen LogP contribution in [0.15, 0.2) is 12.1 Å². The molecule has 39 heavy (non-hydrogen) atoms. The predicted molar refractivity (Wildman–Crippen MR) is 164 cm³/mol. The molecule has 0 amide bonds. The van der Waals surface area contributed by atoms with E-state index in [1.807, 2.05) is 7.11 Å². The van der Waals surface area contributed by atoms with Gasteiger partial charge in [0.1, 0.15) is 5.75 Å². The fourth-order valence-electron chi connectivity index (χ4n) is 7.32. The van der Waals surface area contributed by atoms with E-state index in [1.165, 1.54) is 56.4 Å². The molecule has 3 heterocycles. The third-order valence-electron chi connectivity index (χ3n) is 9.94. The summed E-state index contributed by atoms with van der Waals surface area (Å²) in [7, 11) is 1.84. The summed E-state index contributed by atoms with van der Waals surface area (Å²) in [6, 6.07) is 4.91. The Kier molecular flexibility index (Phi) is 10.4. The lowest BCUT2D eigenvalue weighted by Crippen LogP contribution is -2.47. The second-order valence-corrected chi connectivity index (χ2v) is 13.3. The van der Waals surface area contributed by atoms with Gasteiger partial charge < -0.3 is 24.0 Å². The maximum Gasteiger partial charge on any atom is 0.171 e. The lowest BCUT2D eigenvalue weighted by atomic mass is 9.68. The first-order valence-corrected chi connectivity index (χ1v) is 15.5. The Morgan fingerprint density at radius 2 is 1.49 bits per heavy atom. The molecule has 6 nitrogen and oxygen atoms in total. The smallest absolute Gasteiger partial charge is 0.171 e. The number of unbranched alkanes of at least 4 members (excludes halogenated alkanes) is 1. The first-order valence-electron chi connectivity index (χ1n) is 15.5. The average molecular weight is 564 g/mol. The molecule has 4 fully saturated rings. The summed E-state index contributed by atoms with van der Waals surface area (Å²) >= 11 is 0. The van der Waals surface area contributed by atoms with Crippen LogP contribution in [0.5, 0.6) is 5.75 Å². The zero-order valence-corrected chi connectivity index (χ0v) is 26.1. The largest absolute Gasteiger partial charge is 0.495 e. The number of rotatable bonds is 7. The minimum atomic E-state index is -0.352. The summed E-state index contributed by atoms with van der Waals surface area (Å²) in [5.74, 6) is 2.12. The normalized spacial score (nSPS) is 26.1. The van der Waals surface area contributed by atoms with Crippen LogP contribution in [0.2, 0.25) is 0 Å². The van der Waals surface area contributed by atoms with Gasteiger partial charge >= 0.3 is 0 Å². The number of benzene rings is 1. The first kappa shape index (κ1) is 30.7. The highest BCUT2D eigenvalue weighted by atomic mass is 35.5.